The van der Waals surface area contributed by atoms with Crippen LogP contribution in [-0.2, 0) is 20.7 Å². The van der Waals surface area contributed by atoms with Gasteiger partial charge in [0.15, 0.2) is 6.10 Å². The molecule has 1 aliphatic heterocycles. The molecule has 27 heavy (non-hydrogen) atoms. The number of hydrogen-bond acceptors (Lipinski definition) is 4. The van der Waals surface area contributed by atoms with Gasteiger partial charge < -0.3 is 15.0 Å². The highest BCUT2D eigenvalue weighted by Gasteiger charge is 2.42. The summed E-state index contributed by atoms with van der Waals surface area (Å²) in [5.41, 5.74) is 1.81. The molecule has 6 nitrogen and oxygen atoms in total. The van der Waals surface area contributed by atoms with Crippen molar-refractivity contribution in [3.8, 4) is 0 Å². The van der Waals surface area contributed by atoms with Gasteiger partial charge in [-0.05, 0) is 31.5 Å². The third-order valence-corrected chi connectivity index (χ3v) is 4.62. The first kappa shape index (κ1) is 19.0. The van der Waals surface area contributed by atoms with Crippen LogP contribution in [0.2, 0.25) is 0 Å². The molecule has 2 atom stereocenters. The number of pyridine rings is 1. The van der Waals surface area contributed by atoms with Gasteiger partial charge in [0.25, 0.3) is 5.91 Å². The molecule has 2 amide bonds. The Morgan fingerprint density at radius 1 is 1.22 bits per heavy atom. The molecule has 2 heterocycles. The van der Waals surface area contributed by atoms with E-state index in [9.17, 15) is 9.59 Å². The van der Waals surface area contributed by atoms with Gasteiger partial charge in [0, 0.05) is 30.9 Å². The molecule has 0 radical (unpaired) electrons. The summed E-state index contributed by atoms with van der Waals surface area (Å²) >= 11 is 0. The van der Waals surface area contributed by atoms with Crippen molar-refractivity contribution in [1.29, 1.82) is 0 Å². The summed E-state index contributed by atoms with van der Waals surface area (Å²) < 4.78 is 5.68. The lowest BCUT2D eigenvalue weighted by Gasteiger charge is -2.42. The summed E-state index contributed by atoms with van der Waals surface area (Å²) in [5, 5.41) is 2.93. The van der Waals surface area contributed by atoms with Crippen LogP contribution in [0.5, 0.6) is 0 Å². The predicted molar refractivity (Wildman–Crippen MR) is 102 cm³/mol. The van der Waals surface area contributed by atoms with E-state index < -0.39 is 12.1 Å². The maximum atomic E-state index is 12.9. The Hall–Kier alpha value is -2.73. The molecular formula is C21H25N3O3. The van der Waals surface area contributed by atoms with Crippen molar-refractivity contribution in [2.24, 2.45) is 0 Å². The highest BCUT2D eigenvalue weighted by atomic mass is 16.5. The standard InChI is InChI=1S/C21H25N3O3/c1-15(2)24-18(25)14-27-20(19(24)16-8-4-3-5-9-16)21(26)23-13-11-17-10-6-7-12-22-17/h3-10,12,15,19-20H,11,13-14H2,1-2H3,(H,23,26)/t19-,20+/m1/s1. The van der Waals surface area contributed by atoms with Crippen LogP contribution in [0.3, 0.4) is 0 Å². The van der Waals surface area contributed by atoms with Crippen LogP contribution in [0.4, 0.5) is 0 Å². The van der Waals surface area contributed by atoms with E-state index in [0.29, 0.717) is 13.0 Å². The molecular weight excluding hydrogens is 342 g/mol. The fourth-order valence-corrected chi connectivity index (χ4v) is 3.40. The van der Waals surface area contributed by atoms with Crippen LogP contribution >= 0.6 is 0 Å². The first-order valence-corrected chi connectivity index (χ1v) is 9.23. The fourth-order valence-electron chi connectivity index (χ4n) is 3.40. The number of rotatable bonds is 6. The van der Waals surface area contributed by atoms with Gasteiger partial charge in [-0.15, -0.1) is 0 Å². The van der Waals surface area contributed by atoms with E-state index in [4.69, 9.17) is 4.74 Å². The summed E-state index contributed by atoms with van der Waals surface area (Å²) in [6, 6.07) is 14.8. The van der Waals surface area contributed by atoms with E-state index >= 15 is 0 Å². The van der Waals surface area contributed by atoms with Gasteiger partial charge in [-0.1, -0.05) is 36.4 Å². The van der Waals surface area contributed by atoms with Crippen molar-refractivity contribution < 1.29 is 14.3 Å². The van der Waals surface area contributed by atoms with Gasteiger partial charge in [0.1, 0.15) is 6.61 Å². The highest BCUT2D eigenvalue weighted by molar-refractivity contribution is 5.86. The largest absolute Gasteiger partial charge is 0.356 e. The highest BCUT2D eigenvalue weighted by Crippen LogP contribution is 2.32. The first-order chi connectivity index (χ1) is 13.1. The maximum absolute atomic E-state index is 12.9. The lowest BCUT2D eigenvalue weighted by Crippen LogP contribution is -2.56. The second-order valence-corrected chi connectivity index (χ2v) is 6.84. The topological polar surface area (TPSA) is 71.5 Å². The molecule has 0 unspecified atom stereocenters. The van der Waals surface area contributed by atoms with Crippen molar-refractivity contribution in [1.82, 2.24) is 15.2 Å². The molecule has 1 saturated heterocycles. The Labute approximate surface area is 159 Å². The molecule has 3 rings (SSSR count). The molecule has 1 fully saturated rings. The van der Waals surface area contributed by atoms with Gasteiger partial charge in [0.2, 0.25) is 5.91 Å². The molecule has 1 aromatic carbocycles. The summed E-state index contributed by atoms with van der Waals surface area (Å²) in [4.78, 5) is 31.3. The molecule has 2 aromatic rings. The summed E-state index contributed by atoms with van der Waals surface area (Å²) in [5.74, 6) is -0.311. The number of carbonyl (C=O) groups is 2. The van der Waals surface area contributed by atoms with Gasteiger partial charge in [-0.2, -0.15) is 0 Å². The second kappa shape index (κ2) is 8.77. The normalized spacial score (nSPS) is 20.0. The zero-order chi connectivity index (χ0) is 19.2. The number of nitrogens with zero attached hydrogens (tertiary/aromatic N) is 2. The monoisotopic (exact) mass is 367 g/mol. The molecule has 1 aromatic heterocycles. The number of nitrogens with one attached hydrogen (secondary N) is 1. The Balaban J connectivity index is 1.74. The number of amides is 2. The SMILES string of the molecule is CC(C)N1C(=O)CO[C@H](C(=O)NCCc2ccccn2)[C@H]1c1ccccc1. The van der Waals surface area contributed by atoms with E-state index in [1.54, 1.807) is 11.1 Å². The molecule has 0 bridgehead atoms. The van der Waals surface area contributed by atoms with Crippen LogP contribution in [0, 0.1) is 0 Å². The summed E-state index contributed by atoms with van der Waals surface area (Å²) in [6.07, 6.45) is 1.64. The number of carbonyl (C=O) groups excluding carboxylic acids is 2. The molecule has 142 valence electrons. The Kier molecular flexibility index (Phi) is 6.19. The van der Waals surface area contributed by atoms with Crippen LogP contribution in [0.25, 0.3) is 0 Å². The van der Waals surface area contributed by atoms with Gasteiger partial charge in [0.05, 0.1) is 6.04 Å². The molecule has 1 aliphatic rings. The van der Waals surface area contributed by atoms with Crippen molar-refractivity contribution in [2.75, 3.05) is 13.2 Å². The number of hydrogen-bond donors (Lipinski definition) is 1. The molecule has 6 heteroatoms. The third kappa shape index (κ3) is 4.52. The quantitative estimate of drug-likeness (QED) is 0.849. The lowest BCUT2D eigenvalue weighted by molar-refractivity contribution is -0.167. The molecule has 0 aliphatic carbocycles. The van der Waals surface area contributed by atoms with E-state index in [1.165, 1.54) is 0 Å². The van der Waals surface area contributed by atoms with Gasteiger partial charge >= 0.3 is 0 Å². The smallest absolute Gasteiger partial charge is 0.251 e. The van der Waals surface area contributed by atoms with E-state index in [-0.39, 0.29) is 24.5 Å². The van der Waals surface area contributed by atoms with Gasteiger partial charge in [-0.25, -0.2) is 0 Å². The average Bonchev–Trinajstić information content (AvgIpc) is 2.68. The van der Waals surface area contributed by atoms with Crippen molar-refractivity contribution >= 4 is 11.8 Å². The maximum Gasteiger partial charge on any atom is 0.251 e. The number of morpholine rings is 1. The van der Waals surface area contributed by atoms with E-state index in [0.717, 1.165) is 11.3 Å². The third-order valence-electron chi connectivity index (χ3n) is 4.62. The minimum Gasteiger partial charge on any atom is -0.356 e. The van der Waals surface area contributed by atoms with E-state index in [2.05, 4.69) is 10.3 Å². The van der Waals surface area contributed by atoms with Crippen LogP contribution < -0.4 is 5.32 Å². The van der Waals surface area contributed by atoms with Crippen LogP contribution in [0.15, 0.2) is 54.7 Å². The molecule has 0 spiro atoms. The summed E-state index contributed by atoms with van der Waals surface area (Å²) in [7, 11) is 0. The molecule has 1 N–H and O–H groups in total. The summed E-state index contributed by atoms with van der Waals surface area (Å²) in [6.45, 7) is 4.29. The zero-order valence-electron chi connectivity index (χ0n) is 15.7. The minimum absolute atomic E-state index is 0.0320. The van der Waals surface area contributed by atoms with Crippen molar-refractivity contribution in [3.63, 3.8) is 0 Å². The Bertz CT molecular complexity index is 765. The number of ether oxygens (including phenoxy) is 1. The Morgan fingerprint density at radius 3 is 2.63 bits per heavy atom. The number of benzene rings is 1. The minimum atomic E-state index is -0.740. The lowest BCUT2D eigenvalue weighted by atomic mass is 9.95. The fraction of sp³-hybridized carbons (Fsp3) is 0.381. The number of aromatic nitrogens is 1. The second-order valence-electron chi connectivity index (χ2n) is 6.84. The predicted octanol–water partition coefficient (Wildman–Crippen LogP) is 2.12. The van der Waals surface area contributed by atoms with Crippen molar-refractivity contribution in [2.45, 2.75) is 38.5 Å². The zero-order valence-corrected chi connectivity index (χ0v) is 15.7. The average molecular weight is 367 g/mol. The Morgan fingerprint density at radius 2 is 1.96 bits per heavy atom. The molecule has 0 saturated carbocycles. The van der Waals surface area contributed by atoms with E-state index in [1.807, 2.05) is 62.4 Å². The van der Waals surface area contributed by atoms with Crippen LogP contribution in [0.1, 0.15) is 31.1 Å². The first-order valence-electron chi connectivity index (χ1n) is 9.23. The van der Waals surface area contributed by atoms with Crippen LogP contribution in [-0.4, -0.2) is 47.0 Å². The van der Waals surface area contributed by atoms with Crippen molar-refractivity contribution in [3.05, 3.63) is 66.0 Å². The van der Waals surface area contributed by atoms with Gasteiger partial charge in [-0.3, -0.25) is 14.6 Å².